The summed E-state index contributed by atoms with van der Waals surface area (Å²) in [6.07, 6.45) is 9.30. The van der Waals surface area contributed by atoms with Crippen molar-refractivity contribution in [3.05, 3.63) is 22.7 Å². The number of nitrogens with one attached hydrogen (secondary N) is 1. The fourth-order valence-electron chi connectivity index (χ4n) is 2.87. The van der Waals surface area contributed by atoms with Crippen LogP contribution in [0.15, 0.2) is 17.2 Å². The highest BCUT2D eigenvalue weighted by Gasteiger charge is 2.24. The van der Waals surface area contributed by atoms with Gasteiger partial charge in [-0.15, -0.1) is 0 Å². The van der Waals surface area contributed by atoms with E-state index in [9.17, 15) is 4.79 Å². The Bertz CT molecular complexity index is 451. The van der Waals surface area contributed by atoms with Gasteiger partial charge in [0.25, 0.3) is 5.56 Å². The summed E-state index contributed by atoms with van der Waals surface area (Å²) in [5.74, 6) is 1.02. The van der Waals surface area contributed by atoms with Crippen molar-refractivity contribution in [2.75, 3.05) is 11.9 Å². The molecule has 0 saturated heterocycles. The zero-order valence-corrected chi connectivity index (χ0v) is 11.6. The van der Waals surface area contributed by atoms with Gasteiger partial charge in [-0.3, -0.25) is 4.79 Å². The lowest BCUT2D eigenvalue weighted by atomic mass is 9.98. The maximum atomic E-state index is 12.2. The first kappa shape index (κ1) is 14.1. The van der Waals surface area contributed by atoms with Gasteiger partial charge in [0.1, 0.15) is 0 Å². The van der Waals surface area contributed by atoms with Crippen molar-refractivity contribution >= 4 is 5.82 Å². The van der Waals surface area contributed by atoms with Crippen LogP contribution in [0.4, 0.5) is 5.82 Å². The highest BCUT2D eigenvalue weighted by atomic mass is 16.1. The van der Waals surface area contributed by atoms with E-state index in [-0.39, 0.29) is 11.6 Å². The number of hydrogen-bond donors (Lipinski definition) is 2. The summed E-state index contributed by atoms with van der Waals surface area (Å²) < 4.78 is 1.71. The molecule has 1 aliphatic rings. The van der Waals surface area contributed by atoms with Crippen molar-refractivity contribution in [1.29, 1.82) is 0 Å². The van der Waals surface area contributed by atoms with Gasteiger partial charge in [-0.1, -0.05) is 19.8 Å². The highest BCUT2D eigenvalue weighted by molar-refractivity contribution is 5.32. The van der Waals surface area contributed by atoms with Crippen LogP contribution >= 0.6 is 0 Å². The molecular formula is C14H24N4O. The number of aromatic nitrogens is 2. The van der Waals surface area contributed by atoms with Crippen molar-refractivity contribution in [2.45, 2.75) is 51.6 Å². The van der Waals surface area contributed by atoms with Crippen LogP contribution in [0.3, 0.4) is 0 Å². The fourth-order valence-corrected chi connectivity index (χ4v) is 2.87. The Hall–Kier alpha value is -1.36. The smallest absolute Gasteiger partial charge is 0.293 e. The lowest BCUT2D eigenvalue weighted by molar-refractivity contribution is 0.460. The van der Waals surface area contributed by atoms with Crippen LogP contribution in [0.1, 0.15) is 39.0 Å². The van der Waals surface area contributed by atoms with Crippen LogP contribution in [0, 0.1) is 5.92 Å². The van der Waals surface area contributed by atoms with Gasteiger partial charge < -0.3 is 15.6 Å². The Balaban J connectivity index is 2.12. The second-order valence-corrected chi connectivity index (χ2v) is 5.31. The van der Waals surface area contributed by atoms with Crippen LogP contribution in [-0.4, -0.2) is 22.1 Å². The molecule has 106 valence electrons. The van der Waals surface area contributed by atoms with Gasteiger partial charge in [0, 0.05) is 31.5 Å². The normalized spacial score (nSPS) is 17.6. The molecular weight excluding hydrogens is 240 g/mol. The minimum absolute atomic E-state index is 0.0409. The first-order chi connectivity index (χ1) is 9.26. The minimum Gasteiger partial charge on any atom is -0.361 e. The first-order valence-corrected chi connectivity index (χ1v) is 7.28. The molecule has 1 aromatic rings. The second kappa shape index (κ2) is 6.70. The second-order valence-electron chi connectivity index (χ2n) is 5.31. The fraction of sp³-hybridized carbons (Fsp3) is 0.714. The molecule has 0 aliphatic heterocycles. The van der Waals surface area contributed by atoms with Crippen LogP contribution in [-0.2, 0) is 6.54 Å². The Morgan fingerprint density at radius 3 is 2.89 bits per heavy atom. The zero-order chi connectivity index (χ0) is 13.7. The molecule has 0 aromatic carbocycles. The van der Waals surface area contributed by atoms with Crippen molar-refractivity contribution < 1.29 is 0 Å². The molecule has 0 radical (unpaired) electrons. The summed E-state index contributed by atoms with van der Waals surface area (Å²) in [5, 5.41) is 3.27. The van der Waals surface area contributed by atoms with Crippen molar-refractivity contribution in [2.24, 2.45) is 11.7 Å². The van der Waals surface area contributed by atoms with Crippen molar-refractivity contribution in [3.63, 3.8) is 0 Å². The van der Waals surface area contributed by atoms with Gasteiger partial charge in [-0.05, 0) is 25.2 Å². The van der Waals surface area contributed by atoms with Crippen LogP contribution in [0.2, 0.25) is 0 Å². The predicted octanol–water partition coefficient (Wildman–Crippen LogP) is 1.58. The Kier molecular flexibility index (Phi) is 4.96. The third-order valence-corrected chi connectivity index (χ3v) is 3.92. The van der Waals surface area contributed by atoms with Gasteiger partial charge in [-0.25, -0.2) is 4.98 Å². The van der Waals surface area contributed by atoms with E-state index in [1.807, 2.05) is 0 Å². The van der Waals surface area contributed by atoms with Crippen molar-refractivity contribution in [1.82, 2.24) is 9.55 Å². The highest BCUT2D eigenvalue weighted by Crippen LogP contribution is 2.28. The van der Waals surface area contributed by atoms with Gasteiger partial charge in [-0.2, -0.15) is 0 Å². The molecule has 1 aliphatic carbocycles. The molecule has 0 bridgehead atoms. The molecule has 5 nitrogen and oxygen atoms in total. The molecule has 0 amide bonds. The summed E-state index contributed by atoms with van der Waals surface area (Å²) in [6.45, 7) is 3.34. The van der Waals surface area contributed by atoms with Crippen LogP contribution < -0.4 is 16.6 Å². The van der Waals surface area contributed by atoms with Gasteiger partial charge in [0.2, 0.25) is 0 Å². The molecule has 1 saturated carbocycles. The van der Waals surface area contributed by atoms with Crippen LogP contribution in [0.25, 0.3) is 0 Å². The lowest BCUT2D eigenvalue weighted by Gasteiger charge is -2.23. The number of anilines is 1. The molecule has 0 spiro atoms. The van der Waals surface area contributed by atoms with E-state index in [1.165, 1.54) is 25.7 Å². The standard InChI is InChI=1S/C14H24N4O/c1-2-8-18-9-7-16-13(14(18)19)17-12(10-15)11-5-3-4-6-11/h7,9,11-12H,2-6,8,10,15H2,1H3,(H,16,17). The topological polar surface area (TPSA) is 72.9 Å². The van der Waals surface area contributed by atoms with Gasteiger partial charge in [0.05, 0.1) is 0 Å². The number of aryl methyl sites for hydroxylation is 1. The van der Waals surface area contributed by atoms with E-state index in [0.717, 1.165) is 13.0 Å². The quantitative estimate of drug-likeness (QED) is 0.818. The number of rotatable bonds is 6. The number of nitrogens with two attached hydrogens (primary N) is 1. The molecule has 1 heterocycles. The summed E-state index contributed by atoms with van der Waals surface area (Å²) in [7, 11) is 0. The van der Waals surface area contributed by atoms with Crippen molar-refractivity contribution in [3.8, 4) is 0 Å². The van der Waals surface area contributed by atoms with E-state index in [2.05, 4.69) is 17.2 Å². The SMILES string of the molecule is CCCn1ccnc(NC(CN)C2CCCC2)c1=O. The monoisotopic (exact) mass is 264 g/mol. The van der Waals surface area contributed by atoms with Gasteiger partial charge in [0.15, 0.2) is 5.82 Å². The predicted molar refractivity (Wildman–Crippen MR) is 77.2 cm³/mol. The molecule has 1 unspecified atom stereocenters. The minimum atomic E-state index is -0.0409. The summed E-state index contributed by atoms with van der Waals surface area (Å²) in [5.41, 5.74) is 5.81. The number of nitrogens with zero attached hydrogens (tertiary/aromatic N) is 2. The Labute approximate surface area is 114 Å². The third kappa shape index (κ3) is 3.35. The maximum absolute atomic E-state index is 12.2. The molecule has 1 fully saturated rings. The average Bonchev–Trinajstić information content (AvgIpc) is 2.94. The van der Waals surface area contributed by atoms with E-state index in [4.69, 9.17) is 5.73 Å². The summed E-state index contributed by atoms with van der Waals surface area (Å²) in [4.78, 5) is 16.4. The maximum Gasteiger partial charge on any atom is 0.293 e. The molecule has 5 heteroatoms. The largest absolute Gasteiger partial charge is 0.361 e. The third-order valence-electron chi connectivity index (χ3n) is 3.92. The summed E-state index contributed by atoms with van der Waals surface area (Å²) in [6, 6.07) is 0.167. The van der Waals surface area contributed by atoms with E-state index in [0.29, 0.717) is 18.3 Å². The zero-order valence-electron chi connectivity index (χ0n) is 11.6. The average molecular weight is 264 g/mol. The molecule has 3 N–H and O–H groups in total. The Morgan fingerprint density at radius 1 is 1.53 bits per heavy atom. The van der Waals surface area contributed by atoms with E-state index >= 15 is 0 Å². The number of hydrogen-bond acceptors (Lipinski definition) is 4. The molecule has 1 atom stereocenters. The van der Waals surface area contributed by atoms with E-state index < -0.39 is 0 Å². The van der Waals surface area contributed by atoms with E-state index in [1.54, 1.807) is 17.0 Å². The van der Waals surface area contributed by atoms with Gasteiger partial charge >= 0.3 is 0 Å². The summed E-state index contributed by atoms with van der Waals surface area (Å²) >= 11 is 0. The lowest BCUT2D eigenvalue weighted by Crippen LogP contribution is -2.38. The molecule has 19 heavy (non-hydrogen) atoms. The van der Waals surface area contributed by atoms with Crippen LogP contribution in [0.5, 0.6) is 0 Å². The Morgan fingerprint density at radius 2 is 2.26 bits per heavy atom. The molecule has 2 rings (SSSR count). The first-order valence-electron chi connectivity index (χ1n) is 7.28. The molecule has 1 aromatic heterocycles.